The van der Waals surface area contributed by atoms with Gasteiger partial charge in [0, 0.05) is 24.2 Å². The van der Waals surface area contributed by atoms with Crippen molar-refractivity contribution < 1.29 is 14.6 Å². The molecule has 3 rings (SSSR count). The Morgan fingerprint density at radius 3 is 2.64 bits per heavy atom. The number of amides is 1. The number of rotatable bonds is 3. The normalized spacial score (nSPS) is 20.7. The van der Waals surface area contributed by atoms with E-state index in [4.69, 9.17) is 4.74 Å². The zero-order valence-corrected chi connectivity index (χ0v) is 15.5. The van der Waals surface area contributed by atoms with Crippen LogP contribution in [-0.2, 0) is 4.74 Å². The summed E-state index contributed by atoms with van der Waals surface area (Å²) in [7, 11) is 0. The fourth-order valence-electron chi connectivity index (χ4n) is 3.63. The minimum atomic E-state index is -0.649. The van der Waals surface area contributed by atoms with Gasteiger partial charge in [-0.05, 0) is 57.9 Å². The molecule has 1 saturated heterocycles. The first-order valence-corrected chi connectivity index (χ1v) is 8.77. The molecule has 0 bridgehead atoms. The molecule has 1 fully saturated rings. The van der Waals surface area contributed by atoms with E-state index in [0.29, 0.717) is 18.7 Å². The Hall–Kier alpha value is -1.98. The van der Waals surface area contributed by atoms with Crippen molar-refractivity contribution in [1.29, 1.82) is 0 Å². The van der Waals surface area contributed by atoms with Crippen LogP contribution in [0.1, 0.15) is 41.0 Å². The van der Waals surface area contributed by atoms with Crippen LogP contribution < -0.4 is 0 Å². The summed E-state index contributed by atoms with van der Waals surface area (Å²) in [6.07, 6.45) is -0.964. The van der Waals surface area contributed by atoms with Gasteiger partial charge in [0.25, 0.3) is 5.91 Å². The predicted octanol–water partition coefficient (Wildman–Crippen LogP) is 2.77. The van der Waals surface area contributed by atoms with Crippen LogP contribution in [0, 0.1) is 20.8 Å². The summed E-state index contributed by atoms with van der Waals surface area (Å²) in [5, 5.41) is 11.1. The molecule has 2 heterocycles. The number of aliphatic hydroxyl groups excluding tert-OH is 1. The number of carbonyl (C=O) groups is 1. The van der Waals surface area contributed by atoms with Gasteiger partial charge < -0.3 is 14.7 Å². The molecule has 25 heavy (non-hydrogen) atoms. The number of ether oxygens (including phenoxy) is 1. The molecule has 1 N–H and O–H groups in total. The molecule has 2 aromatic rings. The van der Waals surface area contributed by atoms with E-state index in [9.17, 15) is 9.90 Å². The summed E-state index contributed by atoms with van der Waals surface area (Å²) < 4.78 is 5.73. The van der Waals surface area contributed by atoms with Crippen molar-refractivity contribution in [1.82, 2.24) is 9.88 Å². The third-order valence-electron chi connectivity index (χ3n) is 4.58. The minimum Gasteiger partial charge on any atom is -0.388 e. The van der Waals surface area contributed by atoms with E-state index in [2.05, 4.69) is 11.1 Å². The Bertz CT molecular complexity index is 811. The van der Waals surface area contributed by atoms with Gasteiger partial charge in [-0.3, -0.25) is 9.78 Å². The zero-order valence-electron chi connectivity index (χ0n) is 15.5. The van der Waals surface area contributed by atoms with Gasteiger partial charge in [0.2, 0.25) is 0 Å². The van der Waals surface area contributed by atoms with E-state index in [0.717, 1.165) is 27.7 Å². The number of aromatic nitrogens is 1. The molecule has 2 atom stereocenters. The Morgan fingerprint density at radius 1 is 1.24 bits per heavy atom. The van der Waals surface area contributed by atoms with Gasteiger partial charge in [-0.15, -0.1) is 0 Å². The van der Waals surface area contributed by atoms with Crippen LogP contribution in [0.5, 0.6) is 0 Å². The molecule has 1 aromatic carbocycles. The molecule has 1 amide bonds. The molecule has 134 valence electrons. The van der Waals surface area contributed by atoms with Gasteiger partial charge in [-0.2, -0.15) is 0 Å². The first-order valence-electron chi connectivity index (χ1n) is 8.77. The molecule has 0 aliphatic carbocycles. The second-order valence-electron chi connectivity index (χ2n) is 7.29. The molecule has 0 unspecified atom stereocenters. The van der Waals surface area contributed by atoms with Gasteiger partial charge in [0.15, 0.2) is 0 Å². The summed E-state index contributed by atoms with van der Waals surface area (Å²) >= 11 is 0. The molecule has 5 nitrogen and oxygen atoms in total. The number of β-amino-alcohol motifs (C(OH)–C–C–N with tert-alkyl or cyclic N) is 1. The van der Waals surface area contributed by atoms with Gasteiger partial charge in [-0.1, -0.05) is 6.07 Å². The smallest absolute Gasteiger partial charge is 0.254 e. The molecule has 1 aliphatic heterocycles. The van der Waals surface area contributed by atoms with Crippen LogP contribution in [0.25, 0.3) is 10.9 Å². The Labute approximate surface area is 148 Å². The summed E-state index contributed by atoms with van der Waals surface area (Å²) in [6.45, 7) is 10.5. The molecule has 1 aliphatic rings. The first-order chi connectivity index (χ1) is 11.8. The van der Waals surface area contributed by atoms with E-state index >= 15 is 0 Å². The Balaban J connectivity index is 1.98. The van der Waals surface area contributed by atoms with Crippen molar-refractivity contribution in [2.24, 2.45) is 0 Å². The van der Waals surface area contributed by atoms with Crippen molar-refractivity contribution in [2.45, 2.75) is 52.9 Å². The van der Waals surface area contributed by atoms with Crippen LogP contribution in [0.3, 0.4) is 0 Å². The number of benzene rings is 1. The van der Waals surface area contributed by atoms with Crippen LogP contribution >= 0.6 is 0 Å². The second-order valence-corrected chi connectivity index (χ2v) is 7.29. The SMILES string of the molecule is Cc1cc(C)c2c(C(=O)N3C[C@H](OC(C)C)[C@@H](O)C3)cc(C)nc2c1. The van der Waals surface area contributed by atoms with Crippen molar-refractivity contribution in [2.75, 3.05) is 13.1 Å². The molecule has 0 saturated carbocycles. The lowest BCUT2D eigenvalue weighted by Gasteiger charge is -2.19. The van der Waals surface area contributed by atoms with Gasteiger partial charge in [0.05, 0.1) is 23.3 Å². The highest BCUT2D eigenvalue weighted by Crippen LogP contribution is 2.27. The Morgan fingerprint density at radius 2 is 1.96 bits per heavy atom. The average molecular weight is 342 g/mol. The fourth-order valence-corrected chi connectivity index (χ4v) is 3.63. The molecule has 0 radical (unpaired) electrons. The van der Waals surface area contributed by atoms with Crippen molar-refractivity contribution >= 4 is 16.8 Å². The molecular formula is C20H26N2O3. The molecule has 0 spiro atoms. The van der Waals surface area contributed by atoms with E-state index in [1.807, 2.05) is 46.8 Å². The van der Waals surface area contributed by atoms with E-state index in [-0.39, 0.29) is 18.1 Å². The standard InChI is InChI=1S/C20H26N2O3/c1-11(2)25-18-10-22(9-17(18)23)20(24)15-8-14(5)21-16-7-12(3)6-13(4)19(15)16/h6-8,11,17-18,23H,9-10H2,1-5H3/t17-,18-/m0/s1. The maximum atomic E-state index is 13.2. The number of fused-ring (bicyclic) bond motifs is 1. The average Bonchev–Trinajstić information content (AvgIpc) is 2.85. The second kappa shape index (κ2) is 6.73. The Kier molecular flexibility index (Phi) is 4.80. The lowest BCUT2D eigenvalue weighted by atomic mass is 10.00. The highest BCUT2D eigenvalue weighted by atomic mass is 16.5. The number of pyridine rings is 1. The van der Waals surface area contributed by atoms with Crippen LogP contribution in [0.2, 0.25) is 0 Å². The highest BCUT2D eigenvalue weighted by molar-refractivity contribution is 6.07. The largest absolute Gasteiger partial charge is 0.388 e. The topological polar surface area (TPSA) is 62.7 Å². The van der Waals surface area contributed by atoms with Crippen LogP contribution in [-0.4, -0.2) is 52.3 Å². The van der Waals surface area contributed by atoms with Crippen molar-refractivity contribution in [3.8, 4) is 0 Å². The number of hydrogen-bond donors (Lipinski definition) is 1. The van der Waals surface area contributed by atoms with Crippen LogP contribution in [0.4, 0.5) is 0 Å². The van der Waals surface area contributed by atoms with E-state index in [1.54, 1.807) is 4.90 Å². The monoisotopic (exact) mass is 342 g/mol. The number of likely N-dealkylation sites (tertiary alicyclic amines) is 1. The highest BCUT2D eigenvalue weighted by Gasteiger charge is 2.36. The van der Waals surface area contributed by atoms with E-state index in [1.165, 1.54) is 0 Å². The summed E-state index contributed by atoms with van der Waals surface area (Å²) in [6, 6.07) is 5.92. The first kappa shape index (κ1) is 17.8. The number of hydrogen-bond acceptors (Lipinski definition) is 4. The van der Waals surface area contributed by atoms with E-state index < -0.39 is 6.10 Å². The van der Waals surface area contributed by atoms with Gasteiger partial charge >= 0.3 is 0 Å². The van der Waals surface area contributed by atoms with Gasteiger partial charge in [0.1, 0.15) is 6.10 Å². The summed E-state index contributed by atoms with van der Waals surface area (Å²) in [5.41, 5.74) is 4.48. The summed E-state index contributed by atoms with van der Waals surface area (Å²) in [5.74, 6) is -0.0728. The summed E-state index contributed by atoms with van der Waals surface area (Å²) in [4.78, 5) is 19.4. The number of carbonyl (C=O) groups excluding carboxylic acids is 1. The molecular weight excluding hydrogens is 316 g/mol. The van der Waals surface area contributed by atoms with Gasteiger partial charge in [-0.25, -0.2) is 0 Å². The van der Waals surface area contributed by atoms with Crippen molar-refractivity contribution in [3.63, 3.8) is 0 Å². The maximum absolute atomic E-state index is 13.2. The zero-order chi connectivity index (χ0) is 18.3. The lowest BCUT2D eigenvalue weighted by Crippen LogP contribution is -2.31. The third kappa shape index (κ3) is 3.53. The van der Waals surface area contributed by atoms with Crippen molar-refractivity contribution in [3.05, 3.63) is 40.6 Å². The minimum absolute atomic E-state index is 0.0175. The third-order valence-corrected chi connectivity index (χ3v) is 4.58. The fraction of sp³-hybridized carbons (Fsp3) is 0.500. The quantitative estimate of drug-likeness (QED) is 0.932. The molecule has 5 heteroatoms. The predicted molar refractivity (Wildman–Crippen MR) is 97.9 cm³/mol. The number of aliphatic hydroxyl groups is 1. The van der Waals surface area contributed by atoms with Crippen LogP contribution in [0.15, 0.2) is 18.2 Å². The number of nitrogens with zero attached hydrogens (tertiary/aromatic N) is 2. The lowest BCUT2D eigenvalue weighted by molar-refractivity contribution is -0.0394. The molecule has 1 aromatic heterocycles. The maximum Gasteiger partial charge on any atom is 0.254 e. The number of aryl methyl sites for hydroxylation is 3.